The van der Waals surface area contributed by atoms with Gasteiger partial charge < -0.3 is 19.9 Å². The smallest absolute Gasteiger partial charge is 0.410 e. The molecule has 24 heavy (non-hydrogen) atoms. The van der Waals surface area contributed by atoms with Gasteiger partial charge in [0.1, 0.15) is 5.60 Å². The number of carbonyl (C=O) groups is 2. The van der Waals surface area contributed by atoms with Crippen LogP contribution in [-0.4, -0.2) is 55.7 Å². The molecule has 6 nitrogen and oxygen atoms in total. The summed E-state index contributed by atoms with van der Waals surface area (Å²) in [7, 11) is 1.62. The third-order valence-electron chi connectivity index (χ3n) is 3.70. The average molecular weight is 398 g/mol. The highest BCUT2D eigenvalue weighted by Crippen LogP contribution is 2.26. The van der Waals surface area contributed by atoms with Crippen LogP contribution in [-0.2, 0) is 4.74 Å². The van der Waals surface area contributed by atoms with Crippen molar-refractivity contribution in [3.63, 3.8) is 0 Å². The lowest BCUT2D eigenvalue weighted by atomic mass is 10.1. The number of ether oxygens (including phenoxy) is 1. The van der Waals surface area contributed by atoms with Crippen LogP contribution in [0.15, 0.2) is 22.7 Å². The van der Waals surface area contributed by atoms with Crippen LogP contribution in [0.3, 0.4) is 0 Å². The predicted octanol–water partition coefficient (Wildman–Crippen LogP) is 2.87. The summed E-state index contributed by atoms with van der Waals surface area (Å²) in [6.45, 7) is 8.01. The Labute approximate surface area is 151 Å². The Morgan fingerprint density at radius 2 is 1.79 bits per heavy atom. The molecule has 0 radical (unpaired) electrons. The Kier molecular flexibility index (Phi) is 5.74. The molecule has 0 aromatic heterocycles. The van der Waals surface area contributed by atoms with Crippen molar-refractivity contribution in [1.82, 2.24) is 10.2 Å². The van der Waals surface area contributed by atoms with Gasteiger partial charge in [0.15, 0.2) is 0 Å². The van der Waals surface area contributed by atoms with Gasteiger partial charge in [0.25, 0.3) is 5.91 Å². The second kappa shape index (κ2) is 7.42. The average Bonchev–Trinajstić information content (AvgIpc) is 2.52. The number of rotatable bonds is 2. The van der Waals surface area contributed by atoms with E-state index < -0.39 is 5.60 Å². The lowest BCUT2D eigenvalue weighted by Gasteiger charge is -2.37. The van der Waals surface area contributed by atoms with Gasteiger partial charge in [-0.25, -0.2) is 4.79 Å². The topological polar surface area (TPSA) is 61.9 Å². The molecule has 1 aliphatic heterocycles. The largest absolute Gasteiger partial charge is 0.444 e. The fourth-order valence-electron chi connectivity index (χ4n) is 2.55. The Balaban J connectivity index is 2.08. The molecule has 2 amide bonds. The monoisotopic (exact) mass is 397 g/mol. The molecule has 1 aliphatic rings. The van der Waals surface area contributed by atoms with Crippen molar-refractivity contribution in [2.45, 2.75) is 26.4 Å². The maximum atomic E-state index is 12.1. The van der Waals surface area contributed by atoms with E-state index in [1.807, 2.05) is 32.9 Å². The van der Waals surface area contributed by atoms with Gasteiger partial charge in [-0.1, -0.05) is 15.9 Å². The summed E-state index contributed by atoms with van der Waals surface area (Å²) in [4.78, 5) is 28.1. The fourth-order valence-corrected chi connectivity index (χ4v) is 2.90. The minimum absolute atomic E-state index is 0.118. The summed E-state index contributed by atoms with van der Waals surface area (Å²) in [5, 5.41) is 2.67. The summed E-state index contributed by atoms with van der Waals surface area (Å²) < 4.78 is 6.33. The van der Waals surface area contributed by atoms with Crippen molar-refractivity contribution in [2.75, 3.05) is 38.1 Å². The first-order valence-corrected chi connectivity index (χ1v) is 8.75. The van der Waals surface area contributed by atoms with Crippen molar-refractivity contribution >= 4 is 33.6 Å². The first-order chi connectivity index (χ1) is 11.2. The molecule has 0 unspecified atom stereocenters. The lowest BCUT2D eigenvalue weighted by molar-refractivity contribution is 0.0240. The molecule has 1 saturated heterocycles. The molecule has 0 saturated carbocycles. The van der Waals surface area contributed by atoms with Gasteiger partial charge in [-0.2, -0.15) is 0 Å². The Bertz CT molecular complexity index is 620. The van der Waals surface area contributed by atoms with Gasteiger partial charge in [-0.15, -0.1) is 0 Å². The van der Waals surface area contributed by atoms with Gasteiger partial charge in [-0.3, -0.25) is 4.79 Å². The van der Waals surface area contributed by atoms with Gasteiger partial charge in [0.05, 0.1) is 11.3 Å². The van der Waals surface area contributed by atoms with E-state index in [0.717, 1.165) is 10.2 Å². The van der Waals surface area contributed by atoms with Gasteiger partial charge >= 0.3 is 6.09 Å². The highest BCUT2D eigenvalue weighted by atomic mass is 79.9. The molecule has 2 rings (SSSR count). The summed E-state index contributed by atoms with van der Waals surface area (Å²) in [6, 6.07) is 5.59. The number of hydrogen-bond acceptors (Lipinski definition) is 4. The SMILES string of the molecule is CNC(=O)c1ccc(Br)cc1N1CCN(C(=O)OC(C)(C)C)CC1. The van der Waals surface area contributed by atoms with Crippen LogP contribution < -0.4 is 10.2 Å². The molecule has 0 spiro atoms. The van der Waals surface area contributed by atoms with Gasteiger partial charge in [-0.05, 0) is 39.0 Å². The zero-order chi connectivity index (χ0) is 17.9. The molecular formula is C17H24BrN3O3. The van der Waals surface area contributed by atoms with Crippen LogP contribution >= 0.6 is 15.9 Å². The van der Waals surface area contributed by atoms with Gasteiger partial charge in [0, 0.05) is 37.7 Å². The molecule has 1 N–H and O–H groups in total. The number of amides is 2. The van der Waals surface area contributed by atoms with Crippen molar-refractivity contribution in [1.29, 1.82) is 0 Å². The normalized spacial score (nSPS) is 15.2. The minimum Gasteiger partial charge on any atom is -0.444 e. The molecule has 1 fully saturated rings. The maximum absolute atomic E-state index is 12.1. The molecular weight excluding hydrogens is 374 g/mol. The Morgan fingerprint density at radius 1 is 1.17 bits per heavy atom. The summed E-state index contributed by atoms with van der Waals surface area (Å²) in [6.07, 6.45) is -0.289. The number of nitrogens with one attached hydrogen (secondary N) is 1. The highest BCUT2D eigenvalue weighted by Gasteiger charge is 2.27. The van der Waals surface area contributed by atoms with E-state index >= 15 is 0 Å². The second-order valence-electron chi connectivity index (χ2n) is 6.70. The first-order valence-electron chi connectivity index (χ1n) is 7.96. The Hall–Kier alpha value is -1.76. The van der Waals surface area contributed by atoms with Gasteiger partial charge in [0.2, 0.25) is 0 Å². The molecule has 1 aromatic rings. The van der Waals surface area contributed by atoms with Crippen LogP contribution in [0.25, 0.3) is 0 Å². The molecule has 0 bridgehead atoms. The van der Waals surface area contributed by atoms with Crippen LogP contribution in [0.5, 0.6) is 0 Å². The number of hydrogen-bond donors (Lipinski definition) is 1. The third-order valence-corrected chi connectivity index (χ3v) is 4.20. The molecule has 1 heterocycles. The molecule has 7 heteroatoms. The molecule has 132 valence electrons. The van der Waals surface area contributed by atoms with Crippen molar-refractivity contribution in [2.24, 2.45) is 0 Å². The predicted molar refractivity (Wildman–Crippen MR) is 97.6 cm³/mol. The Morgan fingerprint density at radius 3 is 2.33 bits per heavy atom. The molecule has 0 atom stereocenters. The van der Waals surface area contributed by atoms with E-state index in [2.05, 4.69) is 26.1 Å². The number of benzene rings is 1. The van der Waals surface area contributed by atoms with Crippen LogP contribution in [0.2, 0.25) is 0 Å². The van der Waals surface area contributed by atoms with Crippen LogP contribution in [0, 0.1) is 0 Å². The standard InChI is InChI=1S/C17H24BrN3O3/c1-17(2,3)24-16(23)21-9-7-20(8-10-21)14-11-12(18)5-6-13(14)15(22)19-4/h5-6,11H,7-10H2,1-4H3,(H,19,22). The minimum atomic E-state index is -0.495. The molecule has 1 aromatic carbocycles. The maximum Gasteiger partial charge on any atom is 0.410 e. The van der Waals surface area contributed by atoms with E-state index in [4.69, 9.17) is 4.74 Å². The van der Waals surface area contributed by atoms with E-state index in [1.165, 1.54) is 0 Å². The van der Waals surface area contributed by atoms with Crippen molar-refractivity contribution in [3.05, 3.63) is 28.2 Å². The molecule has 0 aliphatic carbocycles. The number of carbonyl (C=O) groups excluding carboxylic acids is 2. The lowest BCUT2D eigenvalue weighted by Crippen LogP contribution is -2.50. The number of piperazine rings is 1. The fraction of sp³-hybridized carbons (Fsp3) is 0.529. The quantitative estimate of drug-likeness (QED) is 0.833. The number of anilines is 1. The van der Waals surface area contributed by atoms with Crippen LogP contribution in [0.1, 0.15) is 31.1 Å². The van der Waals surface area contributed by atoms with Crippen LogP contribution in [0.4, 0.5) is 10.5 Å². The van der Waals surface area contributed by atoms with E-state index in [9.17, 15) is 9.59 Å². The zero-order valence-electron chi connectivity index (χ0n) is 14.6. The van der Waals surface area contributed by atoms with E-state index in [1.54, 1.807) is 18.0 Å². The van der Waals surface area contributed by atoms with E-state index in [-0.39, 0.29) is 12.0 Å². The third kappa shape index (κ3) is 4.63. The first kappa shape index (κ1) is 18.6. The summed E-state index contributed by atoms with van der Waals surface area (Å²) in [5.74, 6) is -0.118. The number of nitrogens with zero attached hydrogens (tertiary/aromatic N) is 2. The number of halogens is 1. The van der Waals surface area contributed by atoms with Crippen molar-refractivity contribution < 1.29 is 14.3 Å². The second-order valence-corrected chi connectivity index (χ2v) is 7.61. The summed E-state index contributed by atoms with van der Waals surface area (Å²) in [5.41, 5.74) is 1.00. The highest BCUT2D eigenvalue weighted by molar-refractivity contribution is 9.10. The van der Waals surface area contributed by atoms with E-state index in [0.29, 0.717) is 31.7 Å². The zero-order valence-corrected chi connectivity index (χ0v) is 16.1. The van der Waals surface area contributed by atoms with Crippen molar-refractivity contribution in [3.8, 4) is 0 Å². The summed E-state index contributed by atoms with van der Waals surface area (Å²) >= 11 is 3.46.